The van der Waals surface area contributed by atoms with Crippen LogP contribution in [0.3, 0.4) is 0 Å². The predicted octanol–water partition coefficient (Wildman–Crippen LogP) is 2.38. The van der Waals surface area contributed by atoms with E-state index in [0.29, 0.717) is 0 Å². The van der Waals surface area contributed by atoms with Gasteiger partial charge in [-0.2, -0.15) is 0 Å². The lowest BCUT2D eigenvalue weighted by molar-refractivity contribution is -0.189. The first-order valence-corrected chi connectivity index (χ1v) is 5.61. The van der Waals surface area contributed by atoms with Gasteiger partial charge in [-0.3, -0.25) is 0 Å². The van der Waals surface area contributed by atoms with Gasteiger partial charge in [0, 0.05) is 0 Å². The first kappa shape index (κ1) is 12.0. The summed E-state index contributed by atoms with van der Waals surface area (Å²) in [5.74, 6) is 0. The minimum atomic E-state index is -2.67. The van der Waals surface area contributed by atoms with Crippen LogP contribution in [0.1, 0.15) is 46.0 Å². The second-order valence-corrected chi connectivity index (χ2v) is 3.54. The molecule has 0 aliphatic carbocycles. The van der Waals surface area contributed by atoms with Gasteiger partial charge in [-0.15, -0.1) is 4.52 Å². The highest BCUT2D eigenvalue weighted by Gasteiger charge is 2.15. The Morgan fingerprint density at radius 3 is 2.42 bits per heavy atom. The lowest BCUT2D eigenvalue weighted by atomic mass is 10.1. The molecule has 4 heteroatoms. The predicted molar refractivity (Wildman–Crippen MR) is 46.9 cm³/mol. The smallest absolute Gasteiger partial charge is 0.488 e. The highest BCUT2D eigenvalue weighted by molar-refractivity contribution is 7.30. The minimum Gasteiger partial charge on any atom is -0.566 e. The second-order valence-electron chi connectivity index (χ2n) is 2.88. The monoisotopic (exact) mass is 192 g/mol. The zero-order chi connectivity index (χ0) is 9.40. The van der Waals surface area contributed by atoms with Crippen LogP contribution < -0.4 is 4.89 Å². The molecule has 12 heavy (non-hydrogen) atoms. The summed E-state index contributed by atoms with van der Waals surface area (Å²) in [5, 5.41) is 0. The number of hydrogen-bond acceptors (Lipinski definition) is 3. The van der Waals surface area contributed by atoms with Crippen LogP contribution in [0.4, 0.5) is 0 Å². The largest absolute Gasteiger partial charge is 0.566 e. The van der Waals surface area contributed by atoms with Crippen LogP contribution in [0.15, 0.2) is 0 Å². The van der Waals surface area contributed by atoms with E-state index in [1.54, 1.807) is 0 Å². The molecule has 0 radical (unpaired) electrons. The van der Waals surface area contributed by atoms with E-state index in [2.05, 4.69) is 6.92 Å². The van der Waals surface area contributed by atoms with E-state index in [0.717, 1.165) is 32.1 Å². The van der Waals surface area contributed by atoms with Crippen molar-refractivity contribution >= 4 is 8.25 Å². The first-order valence-electron chi connectivity index (χ1n) is 4.51. The van der Waals surface area contributed by atoms with Crippen molar-refractivity contribution in [3.63, 3.8) is 0 Å². The average molecular weight is 192 g/mol. The highest BCUT2D eigenvalue weighted by Crippen LogP contribution is 2.20. The van der Waals surface area contributed by atoms with Crippen molar-refractivity contribution in [2.45, 2.75) is 52.1 Å². The second kappa shape index (κ2) is 7.66. The lowest BCUT2D eigenvalue weighted by Crippen LogP contribution is -2.10. The molecule has 0 aliphatic heterocycles. The van der Waals surface area contributed by atoms with Crippen LogP contribution in [-0.4, -0.2) is 6.10 Å². The molecule has 0 amide bonds. The van der Waals surface area contributed by atoms with Gasteiger partial charge in [-0.25, -0.2) is 0 Å². The third-order valence-corrected chi connectivity index (χ3v) is 2.20. The van der Waals surface area contributed by atoms with Gasteiger partial charge in [0.15, 0.2) is 0 Å². The van der Waals surface area contributed by atoms with Crippen molar-refractivity contribution < 1.29 is 14.0 Å². The van der Waals surface area contributed by atoms with Crippen LogP contribution in [0.5, 0.6) is 0 Å². The molecule has 0 fully saturated rings. The van der Waals surface area contributed by atoms with E-state index in [1.807, 2.05) is 6.92 Å². The quantitative estimate of drug-likeness (QED) is 0.582. The highest BCUT2D eigenvalue weighted by atomic mass is 31.1. The fraction of sp³-hybridized carbons (Fsp3) is 1.00. The summed E-state index contributed by atoms with van der Waals surface area (Å²) in [6.07, 6.45) is 4.69. The van der Waals surface area contributed by atoms with Gasteiger partial charge in [0.05, 0.1) is 0 Å². The summed E-state index contributed by atoms with van der Waals surface area (Å²) < 4.78 is 15.0. The summed E-state index contributed by atoms with van der Waals surface area (Å²) in [7, 11) is -2.67. The molecule has 0 N–H and O–H groups in total. The first-order chi connectivity index (χ1) is 5.70. The fourth-order valence-electron chi connectivity index (χ4n) is 1.13. The van der Waals surface area contributed by atoms with Crippen molar-refractivity contribution in [3.8, 4) is 0 Å². The van der Waals surface area contributed by atoms with Gasteiger partial charge in [0.25, 0.3) is 0 Å². The van der Waals surface area contributed by atoms with Crippen LogP contribution >= 0.6 is 8.25 Å². The Bertz CT molecular complexity index is 127. The third kappa shape index (κ3) is 6.71. The Balaban J connectivity index is 3.61. The maximum atomic E-state index is 10.3. The summed E-state index contributed by atoms with van der Waals surface area (Å²) in [6, 6.07) is 0. The molecule has 0 aromatic rings. The minimum absolute atomic E-state index is 0.0870. The Kier molecular flexibility index (Phi) is 7.67. The SMILES string of the molecule is CCCCC(CCC)O[P+](=O)[O-]. The maximum absolute atomic E-state index is 10.3. The molecule has 72 valence electrons. The van der Waals surface area contributed by atoms with Crippen molar-refractivity contribution in [1.82, 2.24) is 0 Å². The summed E-state index contributed by atoms with van der Waals surface area (Å²) in [6.45, 7) is 4.11. The molecule has 0 saturated heterocycles. The van der Waals surface area contributed by atoms with Crippen LogP contribution in [-0.2, 0) is 9.09 Å². The van der Waals surface area contributed by atoms with Crippen molar-refractivity contribution in [2.24, 2.45) is 0 Å². The average Bonchev–Trinajstić information content (AvgIpc) is 2.00. The molecule has 0 spiro atoms. The van der Waals surface area contributed by atoms with Crippen molar-refractivity contribution in [1.29, 1.82) is 0 Å². The molecule has 2 atom stereocenters. The zero-order valence-electron chi connectivity index (χ0n) is 7.78. The Morgan fingerprint density at radius 1 is 1.33 bits per heavy atom. The van der Waals surface area contributed by atoms with Crippen molar-refractivity contribution in [3.05, 3.63) is 0 Å². The molecule has 0 aliphatic rings. The fourth-order valence-corrected chi connectivity index (χ4v) is 1.58. The lowest BCUT2D eigenvalue weighted by Gasteiger charge is -2.08. The van der Waals surface area contributed by atoms with Gasteiger partial charge in [-0.1, -0.05) is 33.1 Å². The summed E-state index contributed by atoms with van der Waals surface area (Å²) in [4.78, 5) is 10.3. The van der Waals surface area contributed by atoms with Gasteiger partial charge in [0.1, 0.15) is 6.10 Å². The van der Waals surface area contributed by atoms with Crippen molar-refractivity contribution in [2.75, 3.05) is 0 Å². The number of hydrogen-bond donors (Lipinski definition) is 0. The van der Waals surface area contributed by atoms with E-state index >= 15 is 0 Å². The number of unbranched alkanes of at least 4 members (excludes halogenated alkanes) is 1. The molecule has 0 aromatic carbocycles. The molecular weight excluding hydrogens is 175 g/mol. The molecule has 0 aromatic heterocycles. The molecule has 3 nitrogen and oxygen atoms in total. The van der Waals surface area contributed by atoms with Gasteiger partial charge in [-0.05, 0) is 17.4 Å². The standard InChI is InChI=1S/C8H17O3P/c1-3-5-7-8(6-4-2)11-12(9)10/h8H,3-7H2,1-2H3. The molecule has 0 heterocycles. The summed E-state index contributed by atoms with van der Waals surface area (Å²) in [5.41, 5.74) is 0. The molecule has 0 rings (SSSR count). The number of rotatable bonds is 7. The van der Waals surface area contributed by atoms with E-state index < -0.39 is 8.25 Å². The molecule has 0 bridgehead atoms. The Morgan fingerprint density at radius 2 is 2.00 bits per heavy atom. The van der Waals surface area contributed by atoms with Gasteiger partial charge in [0.2, 0.25) is 0 Å². The summed E-state index contributed by atoms with van der Waals surface area (Å²) >= 11 is 0. The normalized spacial score (nSPS) is 14.4. The zero-order valence-corrected chi connectivity index (χ0v) is 8.68. The Hall–Kier alpha value is 0.0200. The molecule has 0 saturated carbocycles. The van der Waals surface area contributed by atoms with Crippen LogP contribution in [0.25, 0.3) is 0 Å². The van der Waals surface area contributed by atoms with Crippen LogP contribution in [0, 0.1) is 0 Å². The molecular formula is C8H17O3P. The van der Waals surface area contributed by atoms with E-state index in [4.69, 9.17) is 4.52 Å². The Labute approximate surface area is 75.1 Å². The molecule has 2 unspecified atom stereocenters. The van der Waals surface area contributed by atoms with E-state index in [-0.39, 0.29) is 6.10 Å². The maximum Gasteiger partial charge on any atom is 0.488 e. The third-order valence-electron chi connectivity index (χ3n) is 1.73. The topological polar surface area (TPSA) is 49.4 Å². The van der Waals surface area contributed by atoms with E-state index in [9.17, 15) is 9.46 Å². The van der Waals surface area contributed by atoms with E-state index in [1.165, 1.54) is 0 Å². The van der Waals surface area contributed by atoms with Gasteiger partial charge >= 0.3 is 8.25 Å². The van der Waals surface area contributed by atoms with Gasteiger partial charge < -0.3 is 4.89 Å². The van der Waals surface area contributed by atoms with Crippen LogP contribution in [0.2, 0.25) is 0 Å².